The number of nitrogens with zero attached hydrogens (tertiary/aromatic N) is 1. The Bertz CT molecular complexity index is 909. The van der Waals surface area contributed by atoms with E-state index in [-0.39, 0.29) is 18.2 Å². The number of hydrogen-bond acceptors (Lipinski definition) is 2. The van der Waals surface area contributed by atoms with Crippen molar-refractivity contribution >= 4 is 28.3 Å². The van der Waals surface area contributed by atoms with E-state index >= 15 is 0 Å². The monoisotopic (exact) mass is 320 g/mol. The van der Waals surface area contributed by atoms with Crippen LogP contribution in [0.15, 0.2) is 54.7 Å². The van der Waals surface area contributed by atoms with Crippen molar-refractivity contribution in [1.82, 2.24) is 4.57 Å². The van der Waals surface area contributed by atoms with E-state index in [9.17, 15) is 9.59 Å². The predicted molar refractivity (Wildman–Crippen MR) is 96.4 cm³/mol. The fraction of sp³-hybridized carbons (Fsp3) is 0.200. The fourth-order valence-electron chi connectivity index (χ4n) is 2.78. The summed E-state index contributed by atoms with van der Waals surface area (Å²) in [5.41, 5.74) is 3.55. The third-order valence-electron chi connectivity index (χ3n) is 4.11. The van der Waals surface area contributed by atoms with Crippen LogP contribution < -0.4 is 5.32 Å². The van der Waals surface area contributed by atoms with Gasteiger partial charge in [-0.3, -0.25) is 9.59 Å². The van der Waals surface area contributed by atoms with E-state index in [0.717, 1.165) is 17.3 Å². The molecule has 1 heterocycles. The molecule has 0 saturated carbocycles. The van der Waals surface area contributed by atoms with Gasteiger partial charge in [-0.1, -0.05) is 25.1 Å². The number of fused-ring (bicyclic) bond motifs is 1. The van der Waals surface area contributed by atoms with Crippen LogP contribution in [0.3, 0.4) is 0 Å². The largest absolute Gasteiger partial charge is 0.338 e. The second-order valence-corrected chi connectivity index (χ2v) is 5.88. The Balaban J connectivity index is 1.75. The van der Waals surface area contributed by atoms with Crippen molar-refractivity contribution in [2.45, 2.75) is 26.8 Å². The average molecular weight is 320 g/mol. The topological polar surface area (TPSA) is 51.1 Å². The van der Waals surface area contributed by atoms with Crippen molar-refractivity contribution in [3.05, 3.63) is 65.9 Å². The lowest BCUT2D eigenvalue weighted by Gasteiger charge is -2.08. The highest BCUT2D eigenvalue weighted by molar-refractivity contribution is 5.97. The van der Waals surface area contributed by atoms with Crippen LogP contribution in [0.4, 0.5) is 5.69 Å². The van der Waals surface area contributed by atoms with Crippen LogP contribution in [-0.2, 0) is 17.8 Å². The van der Waals surface area contributed by atoms with E-state index in [4.69, 9.17) is 0 Å². The summed E-state index contributed by atoms with van der Waals surface area (Å²) in [6, 6.07) is 15.3. The normalized spacial score (nSPS) is 10.8. The Morgan fingerprint density at radius 2 is 1.92 bits per heavy atom. The third kappa shape index (κ3) is 3.38. The molecule has 0 atom stereocenters. The molecule has 3 aromatic rings. The van der Waals surface area contributed by atoms with Crippen molar-refractivity contribution in [2.75, 3.05) is 5.32 Å². The van der Waals surface area contributed by atoms with E-state index in [2.05, 4.69) is 30.4 Å². The molecular weight excluding hydrogens is 300 g/mol. The highest BCUT2D eigenvalue weighted by atomic mass is 16.2. The van der Waals surface area contributed by atoms with Crippen LogP contribution in [0.2, 0.25) is 0 Å². The lowest BCUT2D eigenvalue weighted by molar-refractivity contribution is -0.116. The lowest BCUT2D eigenvalue weighted by atomic mass is 10.1. The number of hydrogen-bond donors (Lipinski definition) is 1. The summed E-state index contributed by atoms with van der Waals surface area (Å²) < 4.78 is 1.93. The summed E-state index contributed by atoms with van der Waals surface area (Å²) in [6.45, 7) is 3.87. The number of rotatable bonds is 5. The number of aromatic nitrogens is 1. The quantitative estimate of drug-likeness (QED) is 0.721. The van der Waals surface area contributed by atoms with Crippen molar-refractivity contribution < 1.29 is 9.59 Å². The van der Waals surface area contributed by atoms with Crippen LogP contribution in [0.25, 0.3) is 10.9 Å². The Morgan fingerprint density at radius 1 is 1.08 bits per heavy atom. The number of benzene rings is 2. The molecule has 0 aliphatic heterocycles. The first-order valence-electron chi connectivity index (χ1n) is 8.05. The van der Waals surface area contributed by atoms with Gasteiger partial charge in [-0.15, -0.1) is 0 Å². The number of Topliss-reactive ketones (excluding diaryl/α,β-unsaturated/α-hetero) is 1. The first kappa shape index (κ1) is 16.0. The molecule has 4 nitrogen and oxygen atoms in total. The molecule has 0 radical (unpaired) electrons. The molecule has 3 rings (SSSR count). The molecule has 0 bridgehead atoms. The van der Waals surface area contributed by atoms with Crippen molar-refractivity contribution in [1.29, 1.82) is 0 Å². The summed E-state index contributed by atoms with van der Waals surface area (Å²) >= 11 is 0. The standard InChI is InChI=1S/C20H20N2O2/c1-3-15-7-8-19-17(11-15)9-10-22(19)13-20(24)21-18-6-4-5-16(12-18)14(2)23/h4-12H,3,13H2,1-2H3,(H,21,24). The summed E-state index contributed by atoms with van der Waals surface area (Å²) in [5.74, 6) is -0.137. The number of carbonyl (C=O) groups is 2. The molecule has 0 aliphatic rings. The first-order valence-corrected chi connectivity index (χ1v) is 8.05. The Kier molecular flexibility index (Phi) is 4.47. The number of aryl methyl sites for hydroxylation is 1. The van der Waals surface area contributed by atoms with Gasteiger partial charge in [0.05, 0.1) is 0 Å². The maximum atomic E-state index is 12.3. The Labute approximate surface area is 141 Å². The zero-order valence-electron chi connectivity index (χ0n) is 13.9. The van der Waals surface area contributed by atoms with Crippen LogP contribution in [0.5, 0.6) is 0 Å². The molecular formula is C20H20N2O2. The molecule has 122 valence electrons. The number of anilines is 1. The second-order valence-electron chi connectivity index (χ2n) is 5.88. The molecule has 0 aliphatic carbocycles. The highest BCUT2D eigenvalue weighted by Crippen LogP contribution is 2.18. The molecule has 0 saturated heterocycles. The van der Waals surface area contributed by atoms with E-state index < -0.39 is 0 Å². The van der Waals surface area contributed by atoms with Gasteiger partial charge in [0, 0.05) is 23.0 Å². The molecule has 0 unspecified atom stereocenters. The van der Waals surface area contributed by atoms with Gasteiger partial charge in [0.25, 0.3) is 0 Å². The van der Waals surface area contributed by atoms with E-state index in [1.807, 2.05) is 16.8 Å². The molecule has 1 N–H and O–H groups in total. The minimum absolute atomic E-state index is 0.0192. The van der Waals surface area contributed by atoms with Crippen molar-refractivity contribution in [3.8, 4) is 0 Å². The van der Waals surface area contributed by atoms with E-state index in [1.54, 1.807) is 24.3 Å². The van der Waals surface area contributed by atoms with Crippen LogP contribution >= 0.6 is 0 Å². The van der Waals surface area contributed by atoms with Gasteiger partial charge in [0.1, 0.15) is 6.54 Å². The highest BCUT2D eigenvalue weighted by Gasteiger charge is 2.08. The second kappa shape index (κ2) is 6.71. The van der Waals surface area contributed by atoms with Gasteiger partial charge in [-0.25, -0.2) is 0 Å². The average Bonchev–Trinajstić information content (AvgIpc) is 2.97. The van der Waals surface area contributed by atoms with Gasteiger partial charge in [-0.2, -0.15) is 0 Å². The summed E-state index contributed by atoms with van der Waals surface area (Å²) in [7, 11) is 0. The minimum atomic E-state index is -0.118. The summed E-state index contributed by atoms with van der Waals surface area (Å²) in [6.07, 6.45) is 2.92. The molecule has 1 amide bonds. The fourth-order valence-corrected chi connectivity index (χ4v) is 2.78. The van der Waals surface area contributed by atoms with Gasteiger partial charge in [-0.05, 0) is 54.6 Å². The SMILES string of the molecule is CCc1ccc2c(ccn2CC(=O)Nc2cccc(C(C)=O)c2)c1. The van der Waals surface area contributed by atoms with E-state index in [1.165, 1.54) is 12.5 Å². The number of carbonyl (C=O) groups excluding carboxylic acids is 2. The number of amides is 1. The molecule has 0 fully saturated rings. The van der Waals surface area contributed by atoms with Crippen LogP contribution in [-0.4, -0.2) is 16.3 Å². The van der Waals surface area contributed by atoms with Gasteiger partial charge >= 0.3 is 0 Å². The third-order valence-corrected chi connectivity index (χ3v) is 4.11. The maximum Gasteiger partial charge on any atom is 0.244 e. The van der Waals surface area contributed by atoms with Crippen LogP contribution in [0.1, 0.15) is 29.8 Å². The maximum absolute atomic E-state index is 12.3. The minimum Gasteiger partial charge on any atom is -0.338 e. The number of nitrogens with one attached hydrogen (secondary N) is 1. The van der Waals surface area contributed by atoms with Crippen molar-refractivity contribution in [2.24, 2.45) is 0 Å². The number of ketones is 1. The summed E-state index contributed by atoms with van der Waals surface area (Å²) in [4.78, 5) is 23.7. The zero-order chi connectivity index (χ0) is 17.1. The Hall–Kier alpha value is -2.88. The molecule has 0 spiro atoms. The van der Waals surface area contributed by atoms with E-state index in [0.29, 0.717) is 11.3 Å². The molecule has 4 heteroatoms. The zero-order valence-corrected chi connectivity index (χ0v) is 13.9. The van der Waals surface area contributed by atoms with Crippen LogP contribution in [0, 0.1) is 0 Å². The molecule has 1 aromatic heterocycles. The first-order chi connectivity index (χ1) is 11.6. The summed E-state index contributed by atoms with van der Waals surface area (Å²) in [5, 5.41) is 3.99. The smallest absolute Gasteiger partial charge is 0.244 e. The van der Waals surface area contributed by atoms with Gasteiger partial charge in [0.15, 0.2) is 5.78 Å². The lowest BCUT2D eigenvalue weighted by Crippen LogP contribution is -2.18. The van der Waals surface area contributed by atoms with Crippen molar-refractivity contribution in [3.63, 3.8) is 0 Å². The predicted octanol–water partition coefficient (Wildman–Crippen LogP) is 4.05. The van der Waals surface area contributed by atoms with Gasteiger partial charge in [0.2, 0.25) is 5.91 Å². The Morgan fingerprint density at radius 3 is 2.67 bits per heavy atom. The molecule has 24 heavy (non-hydrogen) atoms. The molecule has 2 aromatic carbocycles. The van der Waals surface area contributed by atoms with Gasteiger partial charge < -0.3 is 9.88 Å².